The fourth-order valence-electron chi connectivity index (χ4n) is 1.90. The normalized spacial score (nSPS) is 9.00. The molecule has 0 spiro atoms. The van der Waals surface area contributed by atoms with Gasteiger partial charge in [-0.05, 0) is 37.1 Å². The summed E-state index contributed by atoms with van der Waals surface area (Å²) < 4.78 is 0. The number of aliphatic carboxylic acids is 1. The molecule has 0 bridgehead atoms. The standard InChI is InChI=1S/C14H14N2O2.2C2H6/c1-9-5-11(7-13(17)18)8-16-14(9)12-3-4-15-10(2)6-12;2*1-2/h3-6,8H,7H2,1-2H3,(H,17,18);2*1-2H3. The number of carboxylic acid groups (broad SMARTS) is 1. The van der Waals surface area contributed by atoms with Gasteiger partial charge in [0.15, 0.2) is 0 Å². The number of carboxylic acids is 1. The Morgan fingerprint density at radius 1 is 1.09 bits per heavy atom. The summed E-state index contributed by atoms with van der Waals surface area (Å²) in [5, 5.41) is 8.74. The quantitative estimate of drug-likeness (QED) is 0.910. The van der Waals surface area contributed by atoms with E-state index >= 15 is 0 Å². The second-order valence-corrected chi connectivity index (χ2v) is 4.27. The van der Waals surface area contributed by atoms with Crippen molar-refractivity contribution in [2.75, 3.05) is 0 Å². The van der Waals surface area contributed by atoms with Gasteiger partial charge in [0.1, 0.15) is 0 Å². The summed E-state index contributed by atoms with van der Waals surface area (Å²) in [5.41, 5.74) is 4.49. The van der Waals surface area contributed by atoms with Crippen molar-refractivity contribution < 1.29 is 9.90 Å². The SMILES string of the molecule is CC.CC.Cc1cc(-c2ncc(CC(=O)O)cc2C)ccn1. The van der Waals surface area contributed by atoms with Crippen molar-refractivity contribution in [1.29, 1.82) is 0 Å². The first-order chi connectivity index (χ1) is 10.6. The Morgan fingerprint density at radius 3 is 2.23 bits per heavy atom. The fraction of sp³-hybridized carbons (Fsp3) is 0.389. The van der Waals surface area contributed by atoms with Gasteiger partial charge in [0, 0.05) is 23.7 Å². The van der Waals surface area contributed by atoms with Crippen LogP contribution in [-0.2, 0) is 11.2 Å². The molecule has 0 aromatic carbocycles. The van der Waals surface area contributed by atoms with Crippen LogP contribution in [0.4, 0.5) is 0 Å². The zero-order chi connectivity index (χ0) is 17.1. The van der Waals surface area contributed by atoms with Gasteiger partial charge in [-0.15, -0.1) is 0 Å². The molecule has 1 N–H and O–H groups in total. The number of hydrogen-bond acceptors (Lipinski definition) is 3. The summed E-state index contributed by atoms with van der Waals surface area (Å²) in [6.45, 7) is 11.9. The lowest BCUT2D eigenvalue weighted by molar-refractivity contribution is -0.136. The molecule has 2 aromatic rings. The van der Waals surface area contributed by atoms with Crippen LogP contribution in [0.25, 0.3) is 11.3 Å². The van der Waals surface area contributed by atoms with Crippen molar-refractivity contribution in [3.63, 3.8) is 0 Å². The van der Waals surface area contributed by atoms with E-state index in [1.807, 2.05) is 59.7 Å². The van der Waals surface area contributed by atoms with E-state index in [1.165, 1.54) is 0 Å². The van der Waals surface area contributed by atoms with E-state index in [0.29, 0.717) is 0 Å². The summed E-state index contributed by atoms with van der Waals surface area (Å²) in [6, 6.07) is 5.73. The van der Waals surface area contributed by atoms with Crippen LogP contribution in [0.3, 0.4) is 0 Å². The predicted octanol–water partition coefficient (Wildman–Crippen LogP) is 4.44. The van der Waals surface area contributed by atoms with E-state index in [0.717, 1.165) is 28.1 Å². The third-order valence-electron chi connectivity index (χ3n) is 2.66. The van der Waals surface area contributed by atoms with Crippen LogP contribution in [0.2, 0.25) is 0 Å². The molecule has 0 saturated heterocycles. The number of rotatable bonds is 3. The first-order valence-electron chi connectivity index (χ1n) is 7.66. The van der Waals surface area contributed by atoms with E-state index in [1.54, 1.807) is 12.4 Å². The summed E-state index contributed by atoms with van der Waals surface area (Å²) in [5.74, 6) is -0.844. The molecule has 2 heterocycles. The summed E-state index contributed by atoms with van der Waals surface area (Å²) in [4.78, 5) is 19.1. The monoisotopic (exact) mass is 302 g/mol. The van der Waals surface area contributed by atoms with Gasteiger partial charge in [-0.1, -0.05) is 33.8 Å². The van der Waals surface area contributed by atoms with E-state index in [2.05, 4.69) is 9.97 Å². The molecule has 2 aromatic heterocycles. The lowest BCUT2D eigenvalue weighted by Crippen LogP contribution is -2.01. The minimum absolute atomic E-state index is 0.00347. The highest BCUT2D eigenvalue weighted by molar-refractivity contribution is 5.71. The van der Waals surface area contributed by atoms with Crippen LogP contribution >= 0.6 is 0 Å². The van der Waals surface area contributed by atoms with Gasteiger partial charge in [0.2, 0.25) is 0 Å². The molecule has 0 aliphatic carbocycles. The van der Waals surface area contributed by atoms with Gasteiger partial charge in [-0.2, -0.15) is 0 Å². The molecule has 4 nitrogen and oxygen atoms in total. The minimum atomic E-state index is -0.844. The Balaban J connectivity index is 0.00000102. The van der Waals surface area contributed by atoms with Crippen molar-refractivity contribution >= 4 is 5.97 Å². The first-order valence-corrected chi connectivity index (χ1v) is 7.66. The third kappa shape index (κ3) is 6.04. The average molecular weight is 302 g/mol. The van der Waals surface area contributed by atoms with Crippen LogP contribution in [0.15, 0.2) is 30.6 Å². The molecule has 0 unspecified atom stereocenters. The Kier molecular flexibility index (Phi) is 9.43. The lowest BCUT2D eigenvalue weighted by Gasteiger charge is -2.07. The molecule has 120 valence electrons. The molecule has 0 radical (unpaired) electrons. The minimum Gasteiger partial charge on any atom is -0.481 e. The van der Waals surface area contributed by atoms with Crippen LogP contribution < -0.4 is 0 Å². The van der Waals surface area contributed by atoms with E-state index in [-0.39, 0.29) is 6.42 Å². The van der Waals surface area contributed by atoms with E-state index in [9.17, 15) is 4.79 Å². The summed E-state index contributed by atoms with van der Waals surface area (Å²) >= 11 is 0. The molecule has 0 atom stereocenters. The second kappa shape index (κ2) is 10.5. The van der Waals surface area contributed by atoms with Gasteiger partial charge in [0.05, 0.1) is 12.1 Å². The Bertz CT molecular complexity index is 595. The number of pyridine rings is 2. The molecular formula is C18H26N2O2. The summed E-state index contributed by atoms with van der Waals surface area (Å²) in [6.07, 6.45) is 3.37. The molecule has 0 fully saturated rings. The van der Waals surface area contributed by atoms with Crippen LogP contribution in [-0.4, -0.2) is 21.0 Å². The van der Waals surface area contributed by atoms with Gasteiger partial charge < -0.3 is 5.11 Å². The van der Waals surface area contributed by atoms with Crippen LogP contribution in [0.1, 0.15) is 44.5 Å². The van der Waals surface area contributed by atoms with Gasteiger partial charge in [-0.3, -0.25) is 14.8 Å². The number of aryl methyl sites for hydroxylation is 2. The predicted molar refractivity (Wildman–Crippen MR) is 91.0 cm³/mol. The summed E-state index contributed by atoms with van der Waals surface area (Å²) in [7, 11) is 0. The number of hydrogen-bond donors (Lipinski definition) is 1. The van der Waals surface area contributed by atoms with Crippen molar-refractivity contribution in [3.8, 4) is 11.3 Å². The number of carbonyl (C=O) groups is 1. The molecule has 0 aliphatic rings. The Morgan fingerprint density at radius 2 is 1.73 bits per heavy atom. The second-order valence-electron chi connectivity index (χ2n) is 4.27. The smallest absolute Gasteiger partial charge is 0.307 e. The molecule has 0 saturated carbocycles. The maximum Gasteiger partial charge on any atom is 0.307 e. The maximum absolute atomic E-state index is 10.6. The molecule has 2 rings (SSSR count). The topological polar surface area (TPSA) is 63.1 Å². The van der Waals surface area contributed by atoms with Gasteiger partial charge >= 0.3 is 5.97 Å². The molecule has 0 aliphatic heterocycles. The zero-order valence-corrected chi connectivity index (χ0v) is 14.3. The average Bonchev–Trinajstić information content (AvgIpc) is 2.51. The highest BCUT2D eigenvalue weighted by atomic mass is 16.4. The fourth-order valence-corrected chi connectivity index (χ4v) is 1.90. The van der Waals surface area contributed by atoms with Crippen molar-refractivity contribution in [1.82, 2.24) is 9.97 Å². The molecule has 0 amide bonds. The highest BCUT2D eigenvalue weighted by Crippen LogP contribution is 2.21. The van der Waals surface area contributed by atoms with Crippen molar-refractivity contribution in [2.45, 2.75) is 48.0 Å². The van der Waals surface area contributed by atoms with E-state index < -0.39 is 5.97 Å². The largest absolute Gasteiger partial charge is 0.481 e. The number of nitrogens with zero attached hydrogens (tertiary/aromatic N) is 2. The number of aromatic nitrogens is 2. The Labute approximate surface area is 133 Å². The molecule has 22 heavy (non-hydrogen) atoms. The third-order valence-corrected chi connectivity index (χ3v) is 2.66. The highest BCUT2D eigenvalue weighted by Gasteiger charge is 2.07. The lowest BCUT2D eigenvalue weighted by atomic mass is 10.0. The maximum atomic E-state index is 10.6. The van der Waals surface area contributed by atoms with Crippen molar-refractivity contribution in [3.05, 3.63) is 47.4 Å². The molecule has 4 heteroatoms. The van der Waals surface area contributed by atoms with Crippen molar-refractivity contribution in [2.24, 2.45) is 0 Å². The van der Waals surface area contributed by atoms with Gasteiger partial charge in [-0.25, -0.2) is 0 Å². The van der Waals surface area contributed by atoms with Crippen LogP contribution in [0.5, 0.6) is 0 Å². The molecular weight excluding hydrogens is 276 g/mol. The van der Waals surface area contributed by atoms with Gasteiger partial charge in [0.25, 0.3) is 0 Å². The first kappa shape index (κ1) is 19.8. The van der Waals surface area contributed by atoms with Crippen LogP contribution in [0, 0.1) is 13.8 Å². The Hall–Kier alpha value is -2.23. The zero-order valence-electron chi connectivity index (χ0n) is 14.3. The van der Waals surface area contributed by atoms with E-state index in [4.69, 9.17) is 5.11 Å².